The molecule has 0 saturated carbocycles. The number of para-hydroxylation sites is 2. The van der Waals surface area contributed by atoms with Gasteiger partial charge < -0.3 is 47.7 Å². The van der Waals surface area contributed by atoms with E-state index in [9.17, 15) is 28.8 Å². The highest BCUT2D eigenvalue weighted by Crippen LogP contribution is 2.20. The first-order valence-corrected chi connectivity index (χ1v) is 23.2. The lowest BCUT2D eigenvalue weighted by Crippen LogP contribution is -2.61. The van der Waals surface area contributed by atoms with Crippen molar-refractivity contribution in [3.05, 3.63) is 139 Å². The number of hydrogen-bond acceptors (Lipinski definition) is 9. The van der Waals surface area contributed by atoms with Crippen LogP contribution in [0.5, 0.6) is 0 Å². The number of aromatic nitrogens is 4. The summed E-state index contributed by atoms with van der Waals surface area (Å²) < 4.78 is 0. The molecule has 0 saturated heterocycles. The van der Waals surface area contributed by atoms with Crippen LogP contribution < -0.4 is 38.2 Å². The second kappa shape index (κ2) is 24.6. The molecule has 1 aliphatic rings. The average Bonchev–Trinajstić information content (AvgIpc) is 4.15. The number of fused-ring (bicyclic) bond motifs is 2. The summed E-state index contributed by atoms with van der Waals surface area (Å²) in [5.41, 5.74) is 18.9. The quantitative estimate of drug-likeness (QED) is 0.0596. The van der Waals surface area contributed by atoms with Gasteiger partial charge in [-0.05, 0) is 49.1 Å². The third-order valence-electron chi connectivity index (χ3n) is 11.9. The minimum absolute atomic E-state index is 0.00378. The van der Waals surface area contributed by atoms with E-state index in [1.165, 1.54) is 6.33 Å². The van der Waals surface area contributed by atoms with Gasteiger partial charge in [0.25, 0.3) is 11.8 Å². The van der Waals surface area contributed by atoms with Gasteiger partial charge in [0.15, 0.2) is 6.04 Å². The Bertz CT molecular complexity index is 2960. The topological polar surface area (TPSA) is 281 Å². The molecule has 0 unspecified atom stereocenters. The minimum atomic E-state index is -1.64. The molecule has 71 heavy (non-hydrogen) atoms. The summed E-state index contributed by atoms with van der Waals surface area (Å²) in [5, 5.41) is 13.4. The molecule has 4 heterocycles. The number of benzene rings is 3. The van der Waals surface area contributed by atoms with Crippen LogP contribution in [-0.4, -0.2) is 122 Å². The molecular weight excluding hydrogens is 903 g/mol. The Morgan fingerprint density at radius 1 is 0.845 bits per heavy atom. The first-order chi connectivity index (χ1) is 34.4. The number of nitrogens with one attached hydrogen (secondary N) is 8. The van der Waals surface area contributed by atoms with Gasteiger partial charge >= 0.3 is 6.03 Å². The molecule has 1 aliphatic heterocycles. The standard InChI is InChI=1S/C52H57N13O6/c1-2-23-64-24-11-10-20-43(47(54)66)59-50(69)45(27-34-14-4-3-5-15-34)61-49(68)44(22-21-35-30-56-41-18-8-6-16-38(35)41)62-52(71)65(26-13-12-25-64)63-51(70)46(28-36-31-57-42-19-9-7-17-39(36)42)60-48(67)40(53)29-37-32-55-33-58-37/h2-9,14-19,30-33,40,43-46,56-57H,1,10-11,20,23-29,53H2,(H2,54,66)(H,55,58)(H,59,69)(H,60,67)(H,61,68)(H,62,71)(H,63,70)/t40-,43-,44-,45+,46+/m0/s1. The first-order valence-electron chi connectivity index (χ1n) is 23.2. The number of imidazole rings is 1. The Labute approximate surface area is 410 Å². The second-order valence-electron chi connectivity index (χ2n) is 17.1. The normalized spacial score (nSPS) is 18.4. The fourth-order valence-electron chi connectivity index (χ4n) is 8.08. The summed E-state index contributed by atoms with van der Waals surface area (Å²) in [7, 11) is 0. The molecular formula is C52H57N13O6. The SMILES string of the molecule is C=CCN1CC#CCN(NC(=O)[C@@H](Cc2c[nH]c3ccccc23)NC(=O)[C@@H](N)Cc2cnc[nH]2)C(=O)N[C@@H](C#Cc2c[nH]c3ccccc23)C(=O)N[C@H](Cc2ccccc2)C(=O)N[C@H](C(N)=O)CCCC1. The van der Waals surface area contributed by atoms with Gasteiger partial charge in [-0.3, -0.25) is 34.3 Å². The highest BCUT2D eigenvalue weighted by atomic mass is 16.2. The van der Waals surface area contributed by atoms with Gasteiger partial charge in [-0.15, -0.1) is 6.58 Å². The van der Waals surface area contributed by atoms with Gasteiger partial charge in [0.05, 0.1) is 18.9 Å². The molecule has 7 rings (SSSR count). The second-order valence-corrected chi connectivity index (χ2v) is 17.1. The number of urea groups is 1. The van der Waals surface area contributed by atoms with E-state index in [1.54, 1.807) is 48.9 Å². The van der Waals surface area contributed by atoms with E-state index in [0.717, 1.165) is 26.8 Å². The maximum Gasteiger partial charge on any atom is 0.338 e. The van der Waals surface area contributed by atoms with Crippen molar-refractivity contribution in [2.24, 2.45) is 11.5 Å². The Hall–Kier alpha value is -8.65. The summed E-state index contributed by atoms with van der Waals surface area (Å²) in [5.74, 6) is 8.21. The maximum atomic E-state index is 14.7. The fourth-order valence-corrected chi connectivity index (χ4v) is 8.08. The van der Waals surface area contributed by atoms with Crippen molar-refractivity contribution in [1.82, 2.24) is 56.5 Å². The number of carbonyl (C=O) groups is 6. The smallest absolute Gasteiger partial charge is 0.338 e. The molecule has 19 heteroatoms. The number of primary amides is 1. The number of carbonyl (C=O) groups excluding carboxylic acids is 6. The monoisotopic (exact) mass is 959 g/mol. The molecule has 0 radical (unpaired) electrons. The van der Waals surface area contributed by atoms with Crippen LogP contribution in [0.4, 0.5) is 4.79 Å². The van der Waals surface area contributed by atoms with Crippen LogP contribution in [0.2, 0.25) is 0 Å². The van der Waals surface area contributed by atoms with Gasteiger partial charge in [0.1, 0.15) is 24.7 Å². The molecule has 0 spiro atoms. The van der Waals surface area contributed by atoms with Crippen molar-refractivity contribution in [1.29, 1.82) is 0 Å². The van der Waals surface area contributed by atoms with Crippen LogP contribution in [0.25, 0.3) is 21.8 Å². The third kappa shape index (κ3) is 14.0. The van der Waals surface area contributed by atoms with Crippen molar-refractivity contribution in [2.45, 2.75) is 68.7 Å². The maximum absolute atomic E-state index is 14.7. The number of amides is 7. The lowest BCUT2D eigenvalue weighted by Gasteiger charge is -2.27. The van der Waals surface area contributed by atoms with Gasteiger partial charge in [0.2, 0.25) is 17.7 Å². The average molecular weight is 960 g/mol. The number of rotatable bonds is 13. The number of nitrogens with zero attached hydrogens (tertiary/aromatic N) is 3. The van der Waals surface area contributed by atoms with Crippen LogP contribution in [0.15, 0.2) is 116 Å². The Balaban J connectivity index is 1.24. The van der Waals surface area contributed by atoms with Crippen molar-refractivity contribution in [3.63, 3.8) is 0 Å². The molecule has 5 atom stereocenters. The highest BCUT2D eigenvalue weighted by Gasteiger charge is 2.32. The van der Waals surface area contributed by atoms with Gasteiger partial charge in [-0.25, -0.2) is 14.8 Å². The fraction of sp³-hybridized carbons (Fsp3) is 0.288. The first kappa shape index (κ1) is 50.2. The van der Waals surface area contributed by atoms with Gasteiger partial charge in [-0.2, -0.15) is 0 Å². The predicted molar refractivity (Wildman–Crippen MR) is 268 cm³/mol. The van der Waals surface area contributed by atoms with E-state index in [1.807, 2.05) is 59.5 Å². The zero-order chi connectivity index (χ0) is 50.1. The van der Waals surface area contributed by atoms with Gasteiger partial charge in [-0.1, -0.05) is 96.5 Å². The van der Waals surface area contributed by atoms with Crippen LogP contribution in [0.3, 0.4) is 0 Å². The summed E-state index contributed by atoms with van der Waals surface area (Å²) >= 11 is 0. The molecule has 0 bridgehead atoms. The largest absolute Gasteiger partial charge is 0.368 e. The van der Waals surface area contributed by atoms with E-state index < -0.39 is 65.8 Å². The third-order valence-corrected chi connectivity index (χ3v) is 11.9. The van der Waals surface area contributed by atoms with Crippen molar-refractivity contribution in [3.8, 4) is 23.7 Å². The molecule has 12 N–H and O–H groups in total. The van der Waals surface area contributed by atoms with Crippen molar-refractivity contribution < 1.29 is 28.8 Å². The lowest BCUT2D eigenvalue weighted by molar-refractivity contribution is -0.132. The van der Waals surface area contributed by atoms with Crippen LogP contribution in [0.1, 0.15) is 41.6 Å². The number of H-pyrrole nitrogens is 3. The molecule has 3 aromatic carbocycles. The molecule has 0 fully saturated rings. The lowest BCUT2D eigenvalue weighted by atomic mass is 10.0. The number of aromatic amines is 3. The number of nitrogens with two attached hydrogens (primary N) is 2. The molecule has 3 aromatic heterocycles. The molecule has 366 valence electrons. The predicted octanol–water partition coefficient (Wildman–Crippen LogP) is 1.81. The van der Waals surface area contributed by atoms with E-state index in [0.29, 0.717) is 48.3 Å². The van der Waals surface area contributed by atoms with Gasteiger partial charge in [0, 0.05) is 77.5 Å². The molecule has 19 nitrogen and oxygen atoms in total. The Kier molecular flexibility index (Phi) is 17.4. The van der Waals surface area contributed by atoms with E-state index in [-0.39, 0.29) is 38.8 Å². The molecule has 7 amide bonds. The Morgan fingerprint density at radius 3 is 2.31 bits per heavy atom. The molecule has 0 aliphatic carbocycles. The van der Waals surface area contributed by atoms with Crippen LogP contribution in [0, 0.1) is 23.7 Å². The minimum Gasteiger partial charge on any atom is -0.368 e. The summed E-state index contributed by atoms with van der Waals surface area (Å²) in [6.45, 7) is 4.74. The number of hydrogen-bond donors (Lipinski definition) is 10. The Morgan fingerprint density at radius 2 is 1.56 bits per heavy atom. The van der Waals surface area contributed by atoms with Crippen molar-refractivity contribution in [2.75, 3.05) is 26.2 Å². The summed E-state index contributed by atoms with van der Waals surface area (Å²) in [4.78, 5) is 99.6. The molecule has 6 aromatic rings. The number of hydrazine groups is 1. The van der Waals surface area contributed by atoms with E-state index in [4.69, 9.17) is 11.5 Å². The van der Waals surface area contributed by atoms with E-state index in [2.05, 4.69) is 76.9 Å². The van der Waals surface area contributed by atoms with Crippen LogP contribution >= 0.6 is 0 Å². The zero-order valence-electron chi connectivity index (χ0n) is 39.0. The zero-order valence-corrected chi connectivity index (χ0v) is 39.0. The van der Waals surface area contributed by atoms with Crippen molar-refractivity contribution >= 4 is 57.4 Å². The summed E-state index contributed by atoms with van der Waals surface area (Å²) in [6, 6.07) is 16.5. The van der Waals surface area contributed by atoms with E-state index >= 15 is 0 Å². The summed E-state index contributed by atoms with van der Waals surface area (Å²) in [6.07, 6.45) is 9.58. The highest BCUT2D eigenvalue weighted by molar-refractivity contribution is 5.97. The van der Waals surface area contributed by atoms with Crippen LogP contribution in [-0.2, 0) is 43.2 Å².